The summed E-state index contributed by atoms with van der Waals surface area (Å²) in [6.07, 6.45) is 3.78. The number of benzene rings is 9. The fourth-order valence-electron chi connectivity index (χ4n) is 8.42. The van der Waals surface area contributed by atoms with Crippen molar-refractivity contribution in [1.29, 1.82) is 0 Å². The average Bonchev–Trinajstić information content (AvgIpc) is 3.30. The highest BCUT2D eigenvalue weighted by Gasteiger charge is 2.18. The fourth-order valence-corrected chi connectivity index (χ4v) is 8.42. The van der Waals surface area contributed by atoms with Crippen molar-refractivity contribution in [3.05, 3.63) is 230 Å². The highest BCUT2D eigenvalue weighted by Crippen LogP contribution is 2.45. The van der Waals surface area contributed by atoms with Crippen molar-refractivity contribution in [3.8, 4) is 55.6 Å². The summed E-state index contributed by atoms with van der Waals surface area (Å²) in [5.41, 5.74) is 16.6. The fraction of sp³-hybridized carbons (Fsp3) is 0.0179. The Labute approximate surface area is 340 Å². The first kappa shape index (κ1) is 34.9. The number of hydrogen-bond acceptors (Lipinski definition) is 2. The van der Waals surface area contributed by atoms with Crippen molar-refractivity contribution in [1.82, 2.24) is 4.98 Å². The zero-order valence-electron chi connectivity index (χ0n) is 32.3. The third kappa shape index (κ3) is 6.51. The summed E-state index contributed by atoms with van der Waals surface area (Å²) in [6, 6.07) is 76.8. The van der Waals surface area contributed by atoms with Gasteiger partial charge >= 0.3 is 0 Å². The van der Waals surface area contributed by atoms with E-state index in [1.807, 2.05) is 12.4 Å². The predicted molar refractivity (Wildman–Crippen MR) is 246 cm³/mol. The number of aromatic nitrogens is 1. The molecule has 0 bridgehead atoms. The van der Waals surface area contributed by atoms with Crippen LogP contribution >= 0.6 is 0 Å². The van der Waals surface area contributed by atoms with Gasteiger partial charge < -0.3 is 4.90 Å². The third-order valence-electron chi connectivity index (χ3n) is 11.3. The summed E-state index contributed by atoms with van der Waals surface area (Å²) in [5, 5.41) is 5.05. The van der Waals surface area contributed by atoms with Gasteiger partial charge in [0.05, 0.1) is 5.69 Å². The molecular weight excluding hydrogens is 701 g/mol. The van der Waals surface area contributed by atoms with Crippen LogP contribution in [0.15, 0.2) is 225 Å². The Morgan fingerprint density at radius 2 is 0.724 bits per heavy atom. The molecule has 0 fully saturated rings. The van der Waals surface area contributed by atoms with Gasteiger partial charge in [0.15, 0.2) is 0 Å². The predicted octanol–water partition coefficient (Wildman–Crippen LogP) is 15.5. The van der Waals surface area contributed by atoms with E-state index in [0.29, 0.717) is 0 Å². The van der Waals surface area contributed by atoms with E-state index in [4.69, 9.17) is 0 Å². The Hall–Kier alpha value is -7.55. The standard InChI is InChI=1S/C56H40N2/c1-39-38-57-36-35-54(39)58(48-17-9-4-10-18-48)49-32-29-43(30-33-49)42-23-21-40(22-24-42)41-25-27-44(28-26-41)47-31-34-52-53(37-47)56(46-15-7-3-8-16-46)51-20-12-11-19-50(51)55(52)45-13-5-2-6-14-45/h2-38H,1H3. The molecule has 0 aliphatic rings. The molecule has 2 heteroatoms. The molecule has 0 aliphatic heterocycles. The van der Waals surface area contributed by atoms with Crippen molar-refractivity contribution < 1.29 is 0 Å². The zero-order valence-corrected chi connectivity index (χ0v) is 32.3. The Bertz CT molecular complexity index is 3010. The highest BCUT2D eigenvalue weighted by molar-refractivity contribution is 6.22. The summed E-state index contributed by atoms with van der Waals surface area (Å²) in [5.74, 6) is 0. The average molecular weight is 741 g/mol. The van der Waals surface area contributed by atoms with Gasteiger partial charge in [0.25, 0.3) is 0 Å². The number of fused-ring (bicyclic) bond motifs is 2. The van der Waals surface area contributed by atoms with Crippen LogP contribution in [0.4, 0.5) is 17.1 Å². The van der Waals surface area contributed by atoms with Crippen molar-refractivity contribution in [2.45, 2.75) is 6.92 Å². The maximum absolute atomic E-state index is 4.33. The van der Waals surface area contributed by atoms with Crippen LogP contribution in [0, 0.1) is 6.92 Å². The molecule has 9 aromatic carbocycles. The topological polar surface area (TPSA) is 16.1 Å². The van der Waals surface area contributed by atoms with Crippen LogP contribution in [0.2, 0.25) is 0 Å². The summed E-state index contributed by atoms with van der Waals surface area (Å²) in [7, 11) is 0. The molecule has 0 atom stereocenters. The zero-order chi connectivity index (χ0) is 38.8. The molecule has 2 nitrogen and oxygen atoms in total. The molecule has 274 valence electrons. The van der Waals surface area contributed by atoms with Gasteiger partial charge in [0, 0.05) is 23.8 Å². The second-order valence-electron chi connectivity index (χ2n) is 14.8. The van der Waals surface area contributed by atoms with Gasteiger partial charge in [-0.3, -0.25) is 4.98 Å². The molecule has 0 spiro atoms. The van der Waals surface area contributed by atoms with E-state index in [1.54, 1.807) is 0 Å². The van der Waals surface area contributed by atoms with E-state index in [0.717, 1.165) is 22.6 Å². The summed E-state index contributed by atoms with van der Waals surface area (Å²) >= 11 is 0. The minimum absolute atomic E-state index is 1.11. The summed E-state index contributed by atoms with van der Waals surface area (Å²) in [6.45, 7) is 2.11. The lowest BCUT2D eigenvalue weighted by Gasteiger charge is -2.26. The van der Waals surface area contributed by atoms with E-state index >= 15 is 0 Å². The minimum atomic E-state index is 1.11. The molecule has 1 heterocycles. The number of rotatable bonds is 8. The number of pyridine rings is 1. The maximum atomic E-state index is 4.33. The first-order valence-electron chi connectivity index (χ1n) is 19.9. The number of aryl methyl sites for hydroxylation is 1. The van der Waals surface area contributed by atoms with Crippen LogP contribution in [-0.2, 0) is 0 Å². The Morgan fingerprint density at radius 3 is 1.24 bits per heavy atom. The Morgan fingerprint density at radius 1 is 0.328 bits per heavy atom. The molecule has 10 aromatic rings. The third-order valence-corrected chi connectivity index (χ3v) is 11.3. The quantitative estimate of drug-likeness (QED) is 0.144. The molecule has 58 heavy (non-hydrogen) atoms. The highest BCUT2D eigenvalue weighted by atomic mass is 15.1. The monoisotopic (exact) mass is 740 g/mol. The summed E-state index contributed by atoms with van der Waals surface area (Å²) < 4.78 is 0. The first-order valence-corrected chi connectivity index (χ1v) is 19.9. The lowest BCUT2D eigenvalue weighted by atomic mass is 9.85. The van der Waals surface area contributed by atoms with Crippen molar-refractivity contribution in [2.75, 3.05) is 4.90 Å². The molecule has 1 aromatic heterocycles. The molecule has 0 saturated heterocycles. The molecule has 0 amide bonds. The van der Waals surface area contributed by atoms with Crippen molar-refractivity contribution >= 4 is 38.6 Å². The van der Waals surface area contributed by atoms with Crippen LogP contribution in [0.5, 0.6) is 0 Å². The minimum Gasteiger partial charge on any atom is -0.310 e. The SMILES string of the molecule is Cc1cnccc1N(c1ccccc1)c1ccc(-c2ccc(-c3ccc(-c4ccc5c(-c6ccccc6)c6ccccc6c(-c6ccccc6)c5c4)cc3)cc2)cc1. The van der Waals surface area contributed by atoms with E-state index in [9.17, 15) is 0 Å². The molecule has 0 aliphatic carbocycles. The largest absolute Gasteiger partial charge is 0.310 e. The van der Waals surface area contributed by atoms with Crippen molar-refractivity contribution in [3.63, 3.8) is 0 Å². The molecule has 10 rings (SSSR count). The molecular formula is C56H40N2. The van der Waals surface area contributed by atoms with Gasteiger partial charge in [-0.25, -0.2) is 0 Å². The number of nitrogens with zero attached hydrogens (tertiary/aromatic N) is 2. The van der Waals surface area contributed by atoms with Gasteiger partial charge in [0.2, 0.25) is 0 Å². The summed E-state index contributed by atoms with van der Waals surface area (Å²) in [4.78, 5) is 6.62. The van der Waals surface area contributed by atoms with E-state index in [2.05, 4.69) is 229 Å². The molecule has 0 radical (unpaired) electrons. The number of hydrogen-bond donors (Lipinski definition) is 0. The second kappa shape index (κ2) is 15.2. The van der Waals surface area contributed by atoms with E-state index in [1.165, 1.54) is 77.2 Å². The second-order valence-corrected chi connectivity index (χ2v) is 14.8. The maximum Gasteiger partial charge on any atom is 0.0521 e. The normalized spacial score (nSPS) is 11.2. The van der Waals surface area contributed by atoms with Gasteiger partial charge in [-0.05, 0) is 126 Å². The molecule has 0 unspecified atom stereocenters. The first-order chi connectivity index (χ1) is 28.7. The van der Waals surface area contributed by atoms with Gasteiger partial charge in [0.1, 0.15) is 0 Å². The van der Waals surface area contributed by atoms with Crippen LogP contribution in [0.25, 0.3) is 77.2 Å². The Kier molecular flexibility index (Phi) is 9.13. The van der Waals surface area contributed by atoms with Gasteiger partial charge in [-0.2, -0.15) is 0 Å². The van der Waals surface area contributed by atoms with E-state index in [-0.39, 0.29) is 0 Å². The lowest BCUT2D eigenvalue weighted by molar-refractivity contribution is 1.20. The number of anilines is 3. The number of para-hydroxylation sites is 1. The van der Waals surface area contributed by atoms with Crippen LogP contribution in [-0.4, -0.2) is 4.98 Å². The van der Waals surface area contributed by atoms with Crippen LogP contribution in [0.3, 0.4) is 0 Å². The van der Waals surface area contributed by atoms with Gasteiger partial charge in [-0.1, -0.05) is 176 Å². The van der Waals surface area contributed by atoms with Crippen LogP contribution in [0.1, 0.15) is 5.56 Å². The van der Waals surface area contributed by atoms with Crippen LogP contribution < -0.4 is 4.90 Å². The smallest absolute Gasteiger partial charge is 0.0521 e. The molecule has 0 N–H and O–H groups in total. The Balaban J connectivity index is 0.963. The van der Waals surface area contributed by atoms with Gasteiger partial charge in [-0.15, -0.1) is 0 Å². The van der Waals surface area contributed by atoms with E-state index < -0.39 is 0 Å². The molecule has 0 saturated carbocycles. The van der Waals surface area contributed by atoms with Crippen molar-refractivity contribution in [2.24, 2.45) is 0 Å². The lowest BCUT2D eigenvalue weighted by Crippen LogP contribution is -2.11.